The summed E-state index contributed by atoms with van der Waals surface area (Å²) in [6, 6.07) is 11.1. The minimum Gasteiger partial charge on any atom is -0.381 e. The Balaban J connectivity index is 1.74. The first kappa shape index (κ1) is 22.3. The molecule has 2 N–H and O–H groups in total. The van der Waals surface area contributed by atoms with Crippen LogP contribution in [0.25, 0.3) is 0 Å². The number of nitrogens with zero attached hydrogens (tertiary/aromatic N) is 3. The van der Waals surface area contributed by atoms with Gasteiger partial charge in [0.1, 0.15) is 0 Å². The zero-order valence-corrected chi connectivity index (χ0v) is 19.2. The lowest BCUT2D eigenvalue weighted by Crippen LogP contribution is -2.45. The molecule has 3 rings (SSSR count). The highest BCUT2D eigenvalue weighted by atomic mass is 16.5. The van der Waals surface area contributed by atoms with Crippen LogP contribution in [0, 0.1) is 13.8 Å². The number of aliphatic imine (C=N–C) groups is 1. The summed E-state index contributed by atoms with van der Waals surface area (Å²) >= 11 is 0. The third-order valence-electron chi connectivity index (χ3n) is 6.27. The number of hydrogen-bond acceptors (Lipinski definition) is 3. The molecule has 6 nitrogen and oxygen atoms in total. The number of benzene rings is 1. The molecular formula is C24H37N5O. The highest BCUT2D eigenvalue weighted by Gasteiger charge is 2.34. The summed E-state index contributed by atoms with van der Waals surface area (Å²) in [6.45, 7) is 11.7. The van der Waals surface area contributed by atoms with Crippen LogP contribution in [-0.4, -0.2) is 48.1 Å². The molecule has 6 heteroatoms. The van der Waals surface area contributed by atoms with Crippen molar-refractivity contribution in [1.82, 2.24) is 20.4 Å². The van der Waals surface area contributed by atoms with Gasteiger partial charge in [-0.1, -0.05) is 30.3 Å². The van der Waals surface area contributed by atoms with Crippen LogP contribution in [0.5, 0.6) is 0 Å². The molecular weight excluding hydrogens is 374 g/mol. The van der Waals surface area contributed by atoms with Gasteiger partial charge in [-0.3, -0.25) is 9.67 Å². The molecule has 0 saturated carbocycles. The van der Waals surface area contributed by atoms with Crippen LogP contribution < -0.4 is 10.6 Å². The fraction of sp³-hybridized carbons (Fsp3) is 0.583. The molecule has 1 aliphatic heterocycles. The molecule has 1 aromatic carbocycles. The molecule has 0 radical (unpaired) electrons. The Bertz CT molecular complexity index is 837. The van der Waals surface area contributed by atoms with Crippen molar-refractivity contribution < 1.29 is 4.74 Å². The standard InChI is InChI=1S/C24H37N5O/c1-6-25-23(27-18(2)16-22-19(3)28-29(5)20(22)4)26-17-24(12-14-30-15-13-24)21-10-8-7-9-11-21/h7-11,18H,6,12-17H2,1-5H3,(H2,25,26,27). The van der Waals surface area contributed by atoms with Gasteiger partial charge in [0, 0.05) is 44.0 Å². The maximum atomic E-state index is 5.67. The SMILES string of the molecule is CCNC(=NCC1(c2ccccc2)CCOCC1)NC(C)Cc1c(C)nn(C)c1C. The molecule has 1 fully saturated rings. The van der Waals surface area contributed by atoms with Gasteiger partial charge in [0.15, 0.2) is 5.96 Å². The summed E-state index contributed by atoms with van der Waals surface area (Å²) in [7, 11) is 2.01. The van der Waals surface area contributed by atoms with Crippen LogP contribution in [0.1, 0.15) is 49.2 Å². The Labute approximate surface area is 181 Å². The summed E-state index contributed by atoms with van der Waals surface area (Å²) < 4.78 is 7.63. The first-order valence-corrected chi connectivity index (χ1v) is 11.1. The number of guanidine groups is 1. The van der Waals surface area contributed by atoms with Gasteiger partial charge >= 0.3 is 0 Å². The van der Waals surface area contributed by atoms with Crippen molar-refractivity contribution in [1.29, 1.82) is 0 Å². The number of nitrogens with one attached hydrogen (secondary N) is 2. The predicted molar refractivity (Wildman–Crippen MR) is 123 cm³/mol. The Morgan fingerprint density at radius 2 is 1.93 bits per heavy atom. The van der Waals surface area contributed by atoms with Crippen molar-refractivity contribution in [3.63, 3.8) is 0 Å². The van der Waals surface area contributed by atoms with Crippen molar-refractivity contribution in [2.24, 2.45) is 12.0 Å². The Morgan fingerprint density at radius 1 is 1.23 bits per heavy atom. The van der Waals surface area contributed by atoms with E-state index in [1.165, 1.54) is 16.8 Å². The monoisotopic (exact) mass is 411 g/mol. The van der Waals surface area contributed by atoms with Crippen LogP contribution in [-0.2, 0) is 23.6 Å². The van der Waals surface area contributed by atoms with E-state index >= 15 is 0 Å². The van der Waals surface area contributed by atoms with Gasteiger partial charge in [-0.25, -0.2) is 0 Å². The molecule has 0 bridgehead atoms. The fourth-order valence-electron chi connectivity index (χ4n) is 4.35. The molecule has 0 amide bonds. The molecule has 1 atom stereocenters. The average molecular weight is 412 g/mol. The number of aromatic nitrogens is 2. The minimum absolute atomic E-state index is 0.0433. The molecule has 164 valence electrons. The molecule has 1 aliphatic rings. The number of rotatable bonds is 7. The Hall–Kier alpha value is -2.34. The van der Waals surface area contributed by atoms with Crippen LogP contribution in [0.3, 0.4) is 0 Å². The van der Waals surface area contributed by atoms with Crippen molar-refractivity contribution in [2.75, 3.05) is 26.3 Å². The molecule has 2 heterocycles. The molecule has 1 aromatic heterocycles. The van der Waals surface area contributed by atoms with Crippen LogP contribution in [0.15, 0.2) is 35.3 Å². The maximum absolute atomic E-state index is 5.67. The highest BCUT2D eigenvalue weighted by molar-refractivity contribution is 5.80. The second-order valence-electron chi connectivity index (χ2n) is 8.48. The fourth-order valence-corrected chi connectivity index (χ4v) is 4.35. The lowest BCUT2D eigenvalue weighted by molar-refractivity contribution is 0.0531. The maximum Gasteiger partial charge on any atom is 0.191 e. The molecule has 0 aliphatic carbocycles. The van der Waals surface area contributed by atoms with Crippen molar-refractivity contribution in [3.8, 4) is 0 Å². The topological polar surface area (TPSA) is 63.5 Å². The normalized spacial score (nSPS) is 17.6. The predicted octanol–water partition coefficient (Wildman–Crippen LogP) is 3.27. The lowest BCUT2D eigenvalue weighted by atomic mass is 9.74. The van der Waals surface area contributed by atoms with E-state index < -0.39 is 0 Å². The smallest absolute Gasteiger partial charge is 0.191 e. The van der Waals surface area contributed by atoms with Gasteiger partial charge in [-0.15, -0.1) is 0 Å². The van der Waals surface area contributed by atoms with E-state index in [1.54, 1.807) is 0 Å². The quantitative estimate of drug-likeness (QED) is 0.542. The van der Waals surface area contributed by atoms with Crippen molar-refractivity contribution in [3.05, 3.63) is 52.8 Å². The Kier molecular flexibility index (Phi) is 7.53. The molecule has 0 spiro atoms. The molecule has 2 aromatic rings. The van der Waals surface area contributed by atoms with E-state index in [0.29, 0.717) is 0 Å². The van der Waals surface area contributed by atoms with E-state index in [1.807, 2.05) is 11.7 Å². The largest absolute Gasteiger partial charge is 0.381 e. The highest BCUT2D eigenvalue weighted by Crippen LogP contribution is 2.35. The van der Waals surface area contributed by atoms with Crippen molar-refractivity contribution >= 4 is 5.96 Å². The van der Waals surface area contributed by atoms with Gasteiger partial charge in [-0.05, 0) is 58.1 Å². The minimum atomic E-state index is 0.0433. The number of hydrogen-bond donors (Lipinski definition) is 2. The molecule has 1 unspecified atom stereocenters. The first-order valence-electron chi connectivity index (χ1n) is 11.1. The third-order valence-corrected chi connectivity index (χ3v) is 6.27. The van der Waals surface area contributed by atoms with Crippen LogP contribution in [0.2, 0.25) is 0 Å². The Morgan fingerprint density at radius 3 is 2.53 bits per heavy atom. The van der Waals surface area contributed by atoms with Crippen LogP contribution >= 0.6 is 0 Å². The molecule has 1 saturated heterocycles. The van der Waals surface area contributed by atoms with E-state index in [-0.39, 0.29) is 11.5 Å². The summed E-state index contributed by atoms with van der Waals surface area (Å²) in [5, 5.41) is 11.6. The van der Waals surface area contributed by atoms with Gasteiger partial charge in [0.05, 0.1) is 12.2 Å². The second-order valence-corrected chi connectivity index (χ2v) is 8.48. The summed E-state index contributed by atoms with van der Waals surface area (Å²) in [5.41, 5.74) is 5.06. The zero-order valence-electron chi connectivity index (χ0n) is 19.2. The average Bonchev–Trinajstić information content (AvgIpc) is 2.99. The summed E-state index contributed by atoms with van der Waals surface area (Å²) in [5.74, 6) is 0.881. The van der Waals surface area contributed by atoms with Gasteiger partial charge in [0.25, 0.3) is 0 Å². The number of ether oxygens (including phenoxy) is 1. The van der Waals surface area contributed by atoms with Gasteiger partial charge < -0.3 is 15.4 Å². The zero-order chi connectivity index (χ0) is 21.6. The van der Waals surface area contributed by atoms with Crippen molar-refractivity contribution in [2.45, 2.75) is 58.4 Å². The van der Waals surface area contributed by atoms with E-state index in [0.717, 1.165) is 57.2 Å². The molecule has 30 heavy (non-hydrogen) atoms. The summed E-state index contributed by atoms with van der Waals surface area (Å²) in [4.78, 5) is 5.04. The van der Waals surface area contributed by atoms with Gasteiger partial charge in [0.2, 0.25) is 0 Å². The number of aryl methyl sites for hydroxylation is 2. The second kappa shape index (κ2) is 10.1. The van der Waals surface area contributed by atoms with E-state index in [4.69, 9.17) is 9.73 Å². The first-order chi connectivity index (χ1) is 14.4. The van der Waals surface area contributed by atoms with E-state index in [2.05, 4.69) is 73.8 Å². The third kappa shape index (κ3) is 5.22. The van der Waals surface area contributed by atoms with Gasteiger partial charge in [-0.2, -0.15) is 5.10 Å². The van der Waals surface area contributed by atoms with Crippen LogP contribution in [0.4, 0.5) is 0 Å². The van der Waals surface area contributed by atoms with E-state index in [9.17, 15) is 0 Å². The lowest BCUT2D eigenvalue weighted by Gasteiger charge is -2.36. The summed E-state index contributed by atoms with van der Waals surface area (Å²) in [6.07, 6.45) is 2.93.